The van der Waals surface area contributed by atoms with Crippen molar-refractivity contribution in [2.75, 3.05) is 12.9 Å². The van der Waals surface area contributed by atoms with E-state index in [-0.39, 0.29) is 29.4 Å². The predicted octanol–water partition coefficient (Wildman–Crippen LogP) is 4.57. The Bertz CT molecular complexity index is 1450. The van der Waals surface area contributed by atoms with Crippen LogP contribution in [0.2, 0.25) is 0 Å². The molecule has 3 aromatic carbocycles. The van der Waals surface area contributed by atoms with Gasteiger partial charge in [0, 0.05) is 18.4 Å². The first-order valence-electron chi connectivity index (χ1n) is 10.4. The molecule has 0 fully saturated rings. The molecule has 0 unspecified atom stereocenters. The zero-order valence-corrected chi connectivity index (χ0v) is 19.6. The lowest BCUT2D eigenvalue weighted by Crippen LogP contribution is -2.16. The predicted molar refractivity (Wildman–Crippen MR) is 128 cm³/mol. The van der Waals surface area contributed by atoms with Crippen LogP contribution in [0.15, 0.2) is 70.6 Å². The maximum atomic E-state index is 12.5. The Kier molecular flexibility index (Phi) is 6.43. The molecule has 0 aliphatic carbocycles. The van der Waals surface area contributed by atoms with Gasteiger partial charge in [0.05, 0.1) is 28.0 Å². The summed E-state index contributed by atoms with van der Waals surface area (Å²) in [4.78, 5) is 17.7. The molecule has 32 heavy (non-hydrogen) atoms. The summed E-state index contributed by atoms with van der Waals surface area (Å²) < 4.78 is 33.2. The average molecular weight is 469 g/mol. The number of fused-ring (bicyclic) bond motifs is 3. The highest BCUT2D eigenvalue weighted by molar-refractivity contribution is 7.91. The van der Waals surface area contributed by atoms with Crippen LogP contribution in [0.25, 0.3) is 21.0 Å². The van der Waals surface area contributed by atoms with Gasteiger partial charge in [0.1, 0.15) is 5.75 Å². The Balaban J connectivity index is 1.52. The Morgan fingerprint density at radius 1 is 1.06 bits per heavy atom. The fraction of sp³-hybridized carbons (Fsp3) is 0.250. The second kappa shape index (κ2) is 9.26. The van der Waals surface area contributed by atoms with Crippen LogP contribution in [-0.2, 0) is 21.2 Å². The van der Waals surface area contributed by atoms with Crippen LogP contribution in [0.5, 0.6) is 5.75 Å². The lowest BCUT2D eigenvalue weighted by Gasteiger charge is -2.05. The van der Waals surface area contributed by atoms with Gasteiger partial charge < -0.3 is 9.30 Å². The molecular weight excluding hydrogens is 444 g/mol. The molecule has 0 aliphatic rings. The third-order valence-corrected chi connectivity index (χ3v) is 8.28. The van der Waals surface area contributed by atoms with Crippen LogP contribution in [-0.4, -0.2) is 31.8 Å². The largest absolute Gasteiger partial charge is 0.497 e. The molecule has 1 aromatic heterocycles. The summed E-state index contributed by atoms with van der Waals surface area (Å²) in [7, 11) is -1.94. The first kappa shape index (κ1) is 22.2. The summed E-state index contributed by atoms with van der Waals surface area (Å²) in [5.74, 6) is 0.178. The van der Waals surface area contributed by atoms with Gasteiger partial charge in [-0.1, -0.05) is 41.7 Å². The first-order valence-corrected chi connectivity index (χ1v) is 12.9. The highest BCUT2D eigenvalue weighted by atomic mass is 32.2. The van der Waals surface area contributed by atoms with Crippen LogP contribution < -0.4 is 9.54 Å². The number of carbonyl (C=O) groups excluding carboxylic acids is 1. The van der Waals surface area contributed by atoms with Crippen molar-refractivity contribution in [3.8, 4) is 5.75 Å². The van der Waals surface area contributed by atoms with E-state index < -0.39 is 9.84 Å². The van der Waals surface area contributed by atoms with Crippen LogP contribution in [0.4, 0.5) is 0 Å². The van der Waals surface area contributed by atoms with Gasteiger partial charge in [-0.25, -0.2) is 8.42 Å². The Morgan fingerprint density at radius 2 is 1.81 bits per heavy atom. The molecule has 0 radical (unpaired) electrons. The molecule has 0 bridgehead atoms. The summed E-state index contributed by atoms with van der Waals surface area (Å²) in [6, 6.07) is 18.5. The van der Waals surface area contributed by atoms with Crippen molar-refractivity contribution in [3.05, 3.63) is 65.5 Å². The Labute approximate surface area is 190 Å². The van der Waals surface area contributed by atoms with Crippen molar-refractivity contribution < 1.29 is 17.9 Å². The molecule has 0 aliphatic heterocycles. The summed E-state index contributed by atoms with van der Waals surface area (Å²) in [6.07, 6.45) is 0.296. The van der Waals surface area contributed by atoms with Crippen molar-refractivity contribution in [1.82, 2.24) is 4.57 Å². The minimum absolute atomic E-state index is 0.0775. The molecule has 1 amide bonds. The first-order chi connectivity index (χ1) is 15.4. The number of amides is 1. The van der Waals surface area contributed by atoms with Crippen molar-refractivity contribution in [3.63, 3.8) is 0 Å². The molecule has 6 nitrogen and oxygen atoms in total. The van der Waals surface area contributed by atoms with E-state index in [4.69, 9.17) is 4.74 Å². The van der Waals surface area contributed by atoms with Gasteiger partial charge in [0.15, 0.2) is 14.6 Å². The molecule has 1 heterocycles. The summed E-state index contributed by atoms with van der Waals surface area (Å²) in [5.41, 5.74) is 1.05. The SMILES string of the molecule is CCn1c(=NC(=O)CCCS(=O)(=O)c2ccc(OC)cc2)sc2c3ccccc3ccc21. The number of aromatic nitrogens is 1. The number of aryl methyl sites for hydroxylation is 1. The van der Waals surface area contributed by atoms with Crippen LogP contribution >= 0.6 is 11.3 Å². The Morgan fingerprint density at radius 3 is 2.53 bits per heavy atom. The molecule has 166 valence electrons. The van der Waals surface area contributed by atoms with Gasteiger partial charge in [-0.2, -0.15) is 4.99 Å². The second-order valence-corrected chi connectivity index (χ2v) is 10.5. The molecule has 8 heteroatoms. The average Bonchev–Trinajstić information content (AvgIpc) is 3.16. The van der Waals surface area contributed by atoms with E-state index in [1.807, 2.05) is 23.6 Å². The number of rotatable bonds is 7. The minimum atomic E-state index is -3.46. The van der Waals surface area contributed by atoms with Crippen molar-refractivity contribution in [1.29, 1.82) is 0 Å². The highest BCUT2D eigenvalue weighted by Gasteiger charge is 2.15. The third kappa shape index (κ3) is 4.47. The quantitative estimate of drug-likeness (QED) is 0.398. The number of ether oxygens (including phenoxy) is 1. The van der Waals surface area contributed by atoms with E-state index in [0.29, 0.717) is 17.1 Å². The van der Waals surface area contributed by atoms with Crippen LogP contribution in [0.1, 0.15) is 19.8 Å². The number of hydrogen-bond donors (Lipinski definition) is 0. The smallest absolute Gasteiger partial charge is 0.248 e. The third-order valence-electron chi connectivity index (χ3n) is 5.33. The van der Waals surface area contributed by atoms with E-state index in [0.717, 1.165) is 21.0 Å². The fourth-order valence-electron chi connectivity index (χ4n) is 3.67. The van der Waals surface area contributed by atoms with Gasteiger partial charge >= 0.3 is 0 Å². The molecule has 0 spiro atoms. The molecular formula is C24H24N2O4S2. The van der Waals surface area contributed by atoms with E-state index in [9.17, 15) is 13.2 Å². The molecule has 4 aromatic rings. The summed E-state index contributed by atoms with van der Waals surface area (Å²) >= 11 is 1.49. The van der Waals surface area contributed by atoms with Crippen LogP contribution in [0, 0.1) is 0 Å². The topological polar surface area (TPSA) is 77.7 Å². The highest BCUT2D eigenvalue weighted by Crippen LogP contribution is 2.27. The maximum Gasteiger partial charge on any atom is 0.248 e. The van der Waals surface area contributed by atoms with E-state index >= 15 is 0 Å². The second-order valence-electron chi connectivity index (χ2n) is 7.37. The standard InChI is InChI=1S/C24H24N2O4S2/c1-3-26-21-15-10-17-7-4-5-8-20(17)23(21)31-24(26)25-22(27)9-6-16-32(28,29)19-13-11-18(30-2)12-14-19/h4-5,7-8,10-15H,3,6,9,16H2,1-2H3. The number of benzene rings is 3. The van der Waals surface area contributed by atoms with Gasteiger partial charge in [-0.05, 0) is 49.1 Å². The normalized spacial score (nSPS) is 12.5. The zero-order chi connectivity index (χ0) is 22.7. The van der Waals surface area contributed by atoms with Gasteiger partial charge in [-0.3, -0.25) is 4.79 Å². The monoisotopic (exact) mass is 468 g/mol. The van der Waals surface area contributed by atoms with E-state index in [1.54, 1.807) is 12.1 Å². The van der Waals surface area contributed by atoms with Crippen molar-refractivity contribution in [2.45, 2.75) is 31.2 Å². The number of hydrogen-bond acceptors (Lipinski definition) is 5. The molecule has 0 saturated carbocycles. The van der Waals surface area contributed by atoms with Crippen molar-refractivity contribution in [2.24, 2.45) is 4.99 Å². The van der Waals surface area contributed by atoms with Gasteiger partial charge in [0.25, 0.3) is 0 Å². The van der Waals surface area contributed by atoms with Crippen molar-refractivity contribution >= 4 is 48.1 Å². The number of carbonyl (C=O) groups is 1. The summed E-state index contributed by atoms with van der Waals surface area (Å²) in [5, 5.41) is 2.28. The summed E-state index contributed by atoms with van der Waals surface area (Å²) in [6.45, 7) is 2.71. The lowest BCUT2D eigenvalue weighted by atomic mass is 10.1. The number of nitrogens with zero attached hydrogens (tertiary/aromatic N) is 2. The molecule has 4 rings (SSSR count). The number of thiazole rings is 1. The Hall–Kier alpha value is -2.97. The van der Waals surface area contributed by atoms with Crippen LogP contribution in [0.3, 0.4) is 0 Å². The zero-order valence-electron chi connectivity index (χ0n) is 17.9. The molecule has 0 N–H and O–H groups in total. The molecule has 0 atom stereocenters. The lowest BCUT2D eigenvalue weighted by molar-refractivity contribution is -0.118. The maximum absolute atomic E-state index is 12.5. The number of methoxy groups -OCH3 is 1. The van der Waals surface area contributed by atoms with Gasteiger partial charge in [0.2, 0.25) is 5.91 Å². The van der Waals surface area contributed by atoms with E-state index in [1.165, 1.54) is 30.6 Å². The number of sulfone groups is 1. The van der Waals surface area contributed by atoms with Gasteiger partial charge in [-0.15, -0.1) is 0 Å². The molecule has 0 saturated heterocycles. The fourth-order valence-corrected chi connectivity index (χ4v) is 6.22. The minimum Gasteiger partial charge on any atom is -0.497 e. The van der Waals surface area contributed by atoms with E-state index in [2.05, 4.69) is 29.3 Å².